The van der Waals surface area contributed by atoms with E-state index in [1.807, 2.05) is 11.5 Å². The van der Waals surface area contributed by atoms with Crippen LogP contribution in [0.4, 0.5) is 14.4 Å². The maximum atomic E-state index is 10.6. The molecule has 0 fully saturated rings. The number of benzene rings is 1. The fourth-order valence-electron chi connectivity index (χ4n) is 1.04. The molecule has 0 heterocycles. The van der Waals surface area contributed by atoms with Gasteiger partial charge in [-0.2, -0.15) is 0 Å². The van der Waals surface area contributed by atoms with Crippen LogP contribution >= 0.6 is 0 Å². The molecule has 0 spiro atoms. The quantitative estimate of drug-likeness (QED) is 0.108. The molecule has 0 aliphatic carbocycles. The lowest BCUT2D eigenvalue weighted by Gasteiger charge is -2.00. The molecule has 1 rings (SSSR count). The second kappa shape index (κ2) is 29.0. The van der Waals surface area contributed by atoms with Gasteiger partial charge < -0.3 is 41.3 Å². The minimum absolute atomic E-state index is 0.129. The molecule has 1 aromatic carbocycles. The van der Waals surface area contributed by atoms with E-state index in [2.05, 4.69) is 38.8 Å². The van der Waals surface area contributed by atoms with Crippen molar-refractivity contribution >= 4 is 29.9 Å². The van der Waals surface area contributed by atoms with E-state index in [4.69, 9.17) is 24.9 Å². The number of ketones is 1. The average molecular weight is 495 g/mol. The maximum absolute atomic E-state index is 10.6. The van der Waals surface area contributed by atoms with E-state index >= 15 is 0 Å². The number of para-hydroxylation sites is 1. The van der Waals surface area contributed by atoms with Gasteiger partial charge >= 0.3 is 24.1 Å². The number of hydrogen-bond acceptors (Lipinski definition) is 11. The van der Waals surface area contributed by atoms with Gasteiger partial charge in [-0.3, -0.25) is 21.9 Å². The molecular weight excluding hydrogens is 460 g/mol. The summed E-state index contributed by atoms with van der Waals surface area (Å²) in [4.78, 5) is 50.3. The molecule has 5 amide bonds. The van der Waals surface area contributed by atoms with Crippen molar-refractivity contribution in [2.45, 2.75) is 0 Å². The molecule has 14 N–H and O–H groups in total. The number of hydrogen-bond donors (Lipinski definition) is 11. The van der Waals surface area contributed by atoms with Gasteiger partial charge in [-0.15, -0.1) is 0 Å². The van der Waals surface area contributed by atoms with Gasteiger partial charge in [0, 0.05) is 21.1 Å². The largest absolute Gasteiger partial charge is 0.480 e. The zero-order chi connectivity index (χ0) is 27.4. The second-order valence-electron chi connectivity index (χ2n) is 4.86. The molecule has 0 saturated heterocycles. The predicted octanol–water partition coefficient (Wildman–Crippen LogP) is -3.45. The van der Waals surface area contributed by atoms with Gasteiger partial charge in [-0.05, 0) is 12.1 Å². The lowest BCUT2D eigenvalue weighted by atomic mass is 10.3. The highest BCUT2D eigenvalue weighted by Gasteiger charge is 2.00. The number of hydrazine groups is 2. The first-order chi connectivity index (χ1) is 16.1. The van der Waals surface area contributed by atoms with Crippen molar-refractivity contribution in [1.29, 1.82) is 0 Å². The SMILES string of the molecule is CNC(=O)NCC(=O)CO.CNC(=O)NN.CNC(=O)Oc1ccccc1.NN.O=C(O)CO. The molecule has 0 bridgehead atoms. The number of nitrogens with one attached hydrogen (secondary N) is 5. The molecule has 0 aliphatic heterocycles. The van der Waals surface area contributed by atoms with Crippen LogP contribution in [0, 0.1) is 0 Å². The van der Waals surface area contributed by atoms with Crippen LogP contribution in [0.5, 0.6) is 5.75 Å². The predicted molar refractivity (Wildman–Crippen MR) is 121 cm³/mol. The standard InChI is InChI=1S/C8H9NO2.C5H10N2O3.C2H7N3O.C2H4O3.H4N2/c1-9-8(10)11-7-5-3-2-4-6-7;1-6-5(10)7-2-4(9)3-8;1-4-2(6)5-3;3-1-2(4)5;1-2/h2-6H,1H3,(H,9,10);8H,2-3H2,1H3,(H2,6,7,10);3H2,1H3,(H2,4,5,6);3H,1H2,(H,4,5);1-2H2. The van der Waals surface area contributed by atoms with E-state index in [1.165, 1.54) is 21.1 Å². The van der Waals surface area contributed by atoms with Crippen LogP contribution < -0.4 is 49.0 Å². The molecule has 17 heteroatoms. The Morgan fingerprint density at radius 2 is 1.32 bits per heavy atom. The van der Waals surface area contributed by atoms with Crippen LogP contribution in [0.15, 0.2) is 30.3 Å². The van der Waals surface area contributed by atoms with Crippen LogP contribution in [0.1, 0.15) is 0 Å². The lowest BCUT2D eigenvalue weighted by Crippen LogP contribution is -2.37. The van der Waals surface area contributed by atoms with Crippen LogP contribution in [0.3, 0.4) is 0 Å². The molecule has 17 nitrogen and oxygen atoms in total. The summed E-state index contributed by atoms with van der Waals surface area (Å²) in [5.74, 6) is 11.6. The minimum Gasteiger partial charge on any atom is -0.480 e. The monoisotopic (exact) mass is 494 g/mol. The Kier molecular flexibility index (Phi) is 31.8. The fraction of sp³-hybridized carbons (Fsp3) is 0.353. The van der Waals surface area contributed by atoms with Gasteiger partial charge in [-0.25, -0.2) is 25.0 Å². The van der Waals surface area contributed by atoms with E-state index < -0.39 is 37.1 Å². The Morgan fingerprint density at radius 1 is 0.853 bits per heavy atom. The smallest absolute Gasteiger partial charge is 0.412 e. The van der Waals surface area contributed by atoms with Gasteiger partial charge in [0.25, 0.3) is 0 Å². The summed E-state index contributed by atoms with van der Waals surface area (Å²) in [7, 11) is 4.45. The number of aliphatic hydroxyl groups is 2. The number of Topliss-reactive ketones (excluding diaryl/α,β-unsaturated/α-hetero) is 1. The van der Waals surface area contributed by atoms with Crippen molar-refractivity contribution in [3.05, 3.63) is 30.3 Å². The lowest BCUT2D eigenvalue weighted by molar-refractivity contribution is -0.140. The summed E-state index contributed by atoms with van der Waals surface area (Å²) in [5, 5.41) is 32.3. The summed E-state index contributed by atoms with van der Waals surface area (Å²) in [6, 6.07) is 8.09. The number of aliphatic carboxylic acids is 1. The number of urea groups is 2. The number of nitrogens with two attached hydrogens (primary N) is 3. The molecule has 196 valence electrons. The van der Waals surface area contributed by atoms with Gasteiger partial charge in [0.15, 0.2) is 5.78 Å². The van der Waals surface area contributed by atoms with Gasteiger partial charge in [0.2, 0.25) is 0 Å². The molecule has 0 saturated carbocycles. The van der Waals surface area contributed by atoms with Crippen molar-refractivity contribution in [3.63, 3.8) is 0 Å². The number of carbonyl (C=O) groups is 5. The zero-order valence-electron chi connectivity index (χ0n) is 19.0. The van der Waals surface area contributed by atoms with Gasteiger partial charge in [0.05, 0.1) is 6.54 Å². The van der Waals surface area contributed by atoms with Crippen molar-refractivity contribution in [2.75, 3.05) is 40.9 Å². The normalized spacial score (nSPS) is 7.88. The molecule has 1 aromatic rings. The van der Waals surface area contributed by atoms with Gasteiger partial charge in [-0.1, -0.05) is 18.2 Å². The Balaban J connectivity index is -0.000000180. The highest BCUT2D eigenvalue weighted by atomic mass is 16.5. The number of carbonyl (C=O) groups excluding carboxylic acids is 4. The summed E-state index contributed by atoms with van der Waals surface area (Å²) in [6.45, 7) is -1.44. The third-order valence-corrected chi connectivity index (χ3v) is 2.50. The fourth-order valence-corrected chi connectivity index (χ4v) is 1.04. The third-order valence-electron chi connectivity index (χ3n) is 2.50. The Hall–Kier alpha value is -4.03. The number of ether oxygens (including phenoxy) is 1. The number of rotatable bonds is 5. The average Bonchev–Trinajstić information content (AvgIpc) is 2.89. The van der Waals surface area contributed by atoms with E-state index in [9.17, 15) is 19.2 Å². The summed E-state index contributed by atoms with van der Waals surface area (Å²) in [5.41, 5.74) is 1.86. The molecule has 0 aliphatic rings. The van der Waals surface area contributed by atoms with Crippen LogP contribution in [0.2, 0.25) is 0 Å². The van der Waals surface area contributed by atoms with Crippen molar-refractivity contribution < 1.29 is 44.0 Å². The molecule has 0 aromatic heterocycles. The topological polar surface area (TPSA) is 293 Å². The minimum atomic E-state index is -1.19. The van der Waals surface area contributed by atoms with E-state index in [1.54, 1.807) is 24.3 Å². The molecular formula is C17H34N8O9. The highest BCUT2D eigenvalue weighted by molar-refractivity contribution is 5.85. The van der Waals surface area contributed by atoms with Crippen molar-refractivity contribution in [3.8, 4) is 5.75 Å². The zero-order valence-corrected chi connectivity index (χ0v) is 19.0. The molecule has 0 radical (unpaired) electrons. The summed E-state index contributed by atoms with van der Waals surface area (Å²) in [6.07, 6.45) is -0.448. The molecule has 0 atom stereocenters. The van der Waals surface area contributed by atoms with Crippen LogP contribution in [-0.4, -0.2) is 86.1 Å². The van der Waals surface area contributed by atoms with Crippen LogP contribution in [-0.2, 0) is 9.59 Å². The number of amides is 5. The Bertz CT molecular complexity index is 656. The second-order valence-corrected chi connectivity index (χ2v) is 4.86. The Labute approximate surface area is 195 Å². The first-order valence-corrected chi connectivity index (χ1v) is 8.98. The van der Waals surface area contributed by atoms with E-state index in [0.29, 0.717) is 5.75 Å². The van der Waals surface area contributed by atoms with Gasteiger partial charge in [0.1, 0.15) is 19.0 Å². The highest BCUT2D eigenvalue weighted by Crippen LogP contribution is 2.07. The first kappa shape index (κ1) is 37.3. The van der Waals surface area contributed by atoms with E-state index in [-0.39, 0.29) is 12.6 Å². The maximum Gasteiger partial charge on any atom is 0.412 e. The summed E-state index contributed by atoms with van der Waals surface area (Å²) < 4.78 is 4.81. The Morgan fingerprint density at radius 3 is 1.62 bits per heavy atom. The van der Waals surface area contributed by atoms with Crippen LogP contribution in [0.25, 0.3) is 0 Å². The number of carboxylic acids is 1. The number of carboxylic acid groups (broad SMARTS) is 1. The molecule has 0 unspecified atom stereocenters. The summed E-state index contributed by atoms with van der Waals surface area (Å²) >= 11 is 0. The van der Waals surface area contributed by atoms with Crippen molar-refractivity contribution in [1.82, 2.24) is 26.7 Å². The first-order valence-electron chi connectivity index (χ1n) is 8.98. The molecule has 34 heavy (non-hydrogen) atoms. The van der Waals surface area contributed by atoms with E-state index in [0.717, 1.165) is 0 Å². The number of aliphatic hydroxyl groups excluding tert-OH is 2. The third kappa shape index (κ3) is 32.6. The van der Waals surface area contributed by atoms with Crippen molar-refractivity contribution in [2.24, 2.45) is 17.5 Å².